The number of amides is 1. The first-order chi connectivity index (χ1) is 9.30. The molecule has 1 rings (SSSR count). The molecular weight excluding hydrogens is 318 g/mol. The number of nitrogens with one attached hydrogen (secondary N) is 1. The van der Waals surface area contributed by atoms with E-state index in [9.17, 15) is 9.90 Å². The van der Waals surface area contributed by atoms with Crippen LogP contribution in [0.1, 0.15) is 32.8 Å². The molecule has 0 saturated carbocycles. The largest absolute Gasteiger partial charge is 0.388 e. The van der Waals surface area contributed by atoms with E-state index in [1.807, 2.05) is 38.1 Å². The number of aliphatic hydroxyl groups is 1. The second-order valence-corrected chi connectivity index (χ2v) is 6.52. The molecule has 0 heterocycles. The highest BCUT2D eigenvalue weighted by molar-refractivity contribution is 9.10. The Bertz CT molecular complexity index is 481. The van der Waals surface area contributed by atoms with Crippen molar-refractivity contribution in [2.75, 3.05) is 6.54 Å². The second kappa shape index (κ2) is 7.60. The Morgan fingerprint density at radius 3 is 2.70 bits per heavy atom. The first-order valence-corrected chi connectivity index (χ1v) is 7.52. The Hall–Kier alpha value is -1.13. The monoisotopic (exact) mass is 339 g/mol. The van der Waals surface area contributed by atoms with Gasteiger partial charge in [0.15, 0.2) is 0 Å². The Morgan fingerprint density at radius 2 is 2.10 bits per heavy atom. The number of hydrogen-bond acceptors (Lipinski definition) is 2. The Labute approximate surface area is 129 Å². The molecular formula is C16H22BrNO2. The van der Waals surface area contributed by atoms with E-state index in [0.29, 0.717) is 12.3 Å². The molecule has 20 heavy (non-hydrogen) atoms. The summed E-state index contributed by atoms with van der Waals surface area (Å²) < 4.78 is 0.941. The molecule has 0 saturated heterocycles. The highest BCUT2D eigenvalue weighted by atomic mass is 79.9. The average molecular weight is 340 g/mol. The van der Waals surface area contributed by atoms with E-state index in [1.54, 1.807) is 13.0 Å². The van der Waals surface area contributed by atoms with Crippen LogP contribution in [0.5, 0.6) is 0 Å². The van der Waals surface area contributed by atoms with Crippen LogP contribution >= 0.6 is 15.9 Å². The van der Waals surface area contributed by atoms with Gasteiger partial charge in [-0.2, -0.15) is 0 Å². The summed E-state index contributed by atoms with van der Waals surface area (Å²) in [6, 6.07) is 7.67. The summed E-state index contributed by atoms with van der Waals surface area (Å²) in [6.45, 7) is 6.08. The first kappa shape index (κ1) is 16.9. The van der Waals surface area contributed by atoms with Crippen molar-refractivity contribution in [2.45, 2.75) is 32.8 Å². The van der Waals surface area contributed by atoms with Crippen LogP contribution in [-0.2, 0) is 4.79 Å². The van der Waals surface area contributed by atoms with Crippen molar-refractivity contribution in [3.63, 3.8) is 0 Å². The van der Waals surface area contributed by atoms with Crippen LogP contribution in [-0.4, -0.2) is 23.2 Å². The van der Waals surface area contributed by atoms with Gasteiger partial charge in [0, 0.05) is 17.1 Å². The quantitative estimate of drug-likeness (QED) is 0.780. The van der Waals surface area contributed by atoms with Crippen LogP contribution in [0.25, 0.3) is 6.08 Å². The number of halogens is 1. The van der Waals surface area contributed by atoms with E-state index < -0.39 is 5.60 Å². The van der Waals surface area contributed by atoms with Gasteiger partial charge in [0.05, 0.1) is 5.60 Å². The molecule has 0 spiro atoms. The molecule has 0 radical (unpaired) electrons. The summed E-state index contributed by atoms with van der Waals surface area (Å²) in [5, 5.41) is 12.8. The van der Waals surface area contributed by atoms with Crippen molar-refractivity contribution in [1.29, 1.82) is 0 Å². The summed E-state index contributed by atoms with van der Waals surface area (Å²) in [4.78, 5) is 11.7. The molecule has 1 aromatic carbocycles. The van der Waals surface area contributed by atoms with E-state index in [4.69, 9.17) is 0 Å². The van der Waals surface area contributed by atoms with Crippen LogP contribution in [0.4, 0.5) is 0 Å². The lowest BCUT2D eigenvalue weighted by Gasteiger charge is -2.25. The normalized spacial score (nSPS) is 14.5. The molecule has 1 aromatic rings. The summed E-state index contributed by atoms with van der Waals surface area (Å²) in [6.07, 6.45) is 3.88. The summed E-state index contributed by atoms with van der Waals surface area (Å²) in [7, 11) is 0. The van der Waals surface area contributed by atoms with Gasteiger partial charge in [-0.1, -0.05) is 48.0 Å². The predicted molar refractivity (Wildman–Crippen MR) is 86.3 cm³/mol. The minimum absolute atomic E-state index is 0.204. The molecule has 0 aliphatic heterocycles. The number of carbonyl (C=O) groups excluding carboxylic acids is 1. The van der Waals surface area contributed by atoms with Gasteiger partial charge in [0.2, 0.25) is 5.91 Å². The third kappa shape index (κ3) is 6.35. The average Bonchev–Trinajstić information content (AvgIpc) is 2.34. The van der Waals surface area contributed by atoms with Gasteiger partial charge >= 0.3 is 0 Å². The molecule has 3 nitrogen and oxygen atoms in total. The van der Waals surface area contributed by atoms with Crippen LogP contribution in [0.15, 0.2) is 34.8 Å². The van der Waals surface area contributed by atoms with Crippen molar-refractivity contribution in [2.24, 2.45) is 5.92 Å². The summed E-state index contributed by atoms with van der Waals surface area (Å²) >= 11 is 3.42. The molecule has 0 fully saturated rings. The van der Waals surface area contributed by atoms with Gasteiger partial charge < -0.3 is 10.4 Å². The van der Waals surface area contributed by atoms with E-state index in [0.717, 1.165) is 10.0 Å². The van der Waals surface area contributed by atoms with Crippen molar-refractivity contribution in [3.05, 3.63) is 40.4 Å². The number of rotatable bonds is 6. The molecule has 2 N–H and O–H groups in total. The highest BCUT2D eigenvalue weighted by Gasteiger charge is 2.21. The van der Waals surface area contributed by atoms with Gasteiger partial charge in [-0.25, -0.2) is 0 Å². The fourth-order valence-electron chi connectivity index (χ4n) is 2.06. The molecule has 1 amide bonds. The lowest BCUT2D eigenvalue weighted by molar-refractivity contribution is -0.117. The lowest BCUT2D eigenvalue weighted by Crippen LogP contribution is -2.40. The Balaban J connectivity index is 2.50. The van der Waals surface area contributed by atoms with Gasteiger partial charge in [-0.15, -0.1) is 0 Å². The molecule has 0 aliphatic carbocycles. The van der Waals surface area contributed by atoms with Crippen molar-refractivity contribution in [1.82, 2.24) is 5.32 Å². The Kier molecular flexibility index (Phi) is 6.43. The maximum atomic E-state index is 11.7. The van der Waals surface area contributed by atoms with Gasteiger partial charge in [-0.05, 0) is 37.0 Å². The van der Waals surface area contributed by atoms with Crippen molar-refractivity contribution in [3.8, 4) is 0 Å². The molecule has 1 atom stereocenters. The van der Waals surface area contributed by atoms with Crippen LogP contribution < -0.4 is 5.32 Å². The molecule has 4 heteroatoms. The molecule has 0 aliphatic rings. The van der Waals surface area contributed by atoms with E-state index in [1.165, 1.54) is 6.08 Å². The zero-order valence-electron chi connectivity index (χ0n) is 12.2. The molecule has 0 bridgehead atoms. The summed E-state index contributed by atoms with van der Waals surface area (Å²) in [5.41, 5.74) is 0.0712. The molecule has 1 unspecified atom stereocenters. The highest BCUT2D eigenvalue weighted by Crippen LogP contribution is 2.17. The lowest BCUT2D eigenvalue weighted by atomic mass is 9.94. The minimum atomic E-state index is -0.870. The standard InChI is InChI=1S/C16H22BrNO2/c1-12(2)10-16(3,20)11-18-15(19)9-8-13-6-4-5-7-14(13)17/h4-9,12,20H,10-11H2,1-3H3,(H,18,19). The van der Waals surface area contributed by atoms with Crippen LogP contribution in [0.2, 0.25) is 0 Å². The minimum Gasteiger partial charge on any atom is -0.388 e. The SMILES string of the molecule is CC(C)CC(C)(O)CNC(=O)C=Cc1ccccc1Br. The second-order valence-electron chi connectivity index (χ2n) is 5.67. The van der Waals surface area contributed by atoms with Gasteiger partial charge in [-0.3, -0.25) is 4.79 Å². The Morgan fingerprint density at radius 1 is 1.45 bits per heavy atom. The maximum absolute atomic E-state index is 11.7. The van der Waals surface area contributed by atoms with E-state index >= 15 is 0 Å². The van der Waals surface area contributed by atoms with Crippen LogP contribution in [0, 0.1) is 5.92 Å². The zero-order chi connectivity index (χ0) is 15.2. The third-order valence-corrected chi connectivity index (χ3v) is 3.53. The van der Waals surface area contributed by atoms with E-state index in [-0.39, 0.29) is 12.5 Å². The van der Waals surface area contributed by atoms with Gasteiger partial charge in [0.25, 0.3) is 0 Å². The zero-order valence-corrected chi connectivity index (χ0v) is 13.8. The fraction of sp³-hybridized carbons (Fsp3) is 0.438. The first-order valence-electron chi connectivity index (χ1n) is 6.73. The smallest absolute Gasteiger partial charge is 0.244 e. The van der Waals surface area contributed by atoms with E-state index in [2.05, 4.69) is 21.2 Å². The third-order valence-electron chi connectivity index (χ3n) is 2.81. The number of hydrogen-bond donors (Lipinski definition) is 2. The fourth-order valence-corrected chi connectivity index (χ4v) is 2.48. The summed E-state index contributed by atoms with van der Waals surface area (Å²) in [5.74, 6) is 0.183. The topological polar surface area (TPSA) is 49.3 Å². The maximum Gasteiger partial charge on any atom is 0.244 e. The molecule has 0 aromatic heterocycles. The number of benzene rings is 1. The van der Waals surface area contributed by atoms with Crippen LogP contribution in [0.3, 0.4) is 0 Å². The predicted octanol–water partition coefficient (Wildman–Crippen LogP) is 3.38. The van der Waals surface area contributed by atoms with Crippen molar-refractivity contribution < 1.29 is 9.90 Å². The van der Waals surface area contributed by atoms with Crippen molar-refractivity contribution >= 4 is 27.9 Å². The number of carbonyl (C=O) groups is 1. The van der Waals surface area contributed by atoms with Gasteiger partial charge in [0.1, 0.15) is 0 Å². The molecule has 110 valence electrons.